The highest BCUT2D eigenvalue weighted by molar-refractivity contribution is 5.82. The lowest BCUT2D eigenvalue weighted by Gasteiger charge is -2.24. The lowest BCUT2D eigenvalue weighted by Crippen LogP contribution is -2.22. The van der Waals surface area contributed by atoms with Crippen LogP contribution in [0.15, 0.2) is 30.6 Å². The molecule has 1 aromatic carbocycles. The molecule has 0 aliphatic heterocycles. The molecule has 0 aliphatic rings. The van der Waals surface area contributed by atoms with Crippen LogP contribution in [0, 0.1) is 11.3 Å². The van der Waals surface area contributed by atoms with Crippen LogP contribution >= 0.6 is 0 Å². The molecule has 0 amide bonds. The van der Waals surface area contributed by atoms with Gasteiger partial charge in [-0.05, 0) is 39.0 Å². The Balaban J connectivity index is 2.37. The number of nitrogens with one attached hydrogen (secondary N) is 1. The van der Waals surface area contributed by atoms with Gasteiger partial charge in [-0.25, -0.2) is 4.98 Å². The summed E-state index contributed by atoms with van der Waals surface area (Å²) in [4.78, 5) is 4.68. The Morgan fingerprint density at radius 1 is 1.30 bits per heavy atom. The predicted octanol–water partition coefficient (Wildman–Crippen LogP) is 3.05. The maximum absolute atomic E-state index is 9.02. The van der Waals surface area contributed by atoms with Gasteiger partial charge < -0.3 is 4.57 Å². The molecule has 2 aromatic heterocycles. The Labute approximate surface area is 116 Å². The number of aromatic nitrogens is 4. The summed E-state index contributed by atoms with van der Waals surface area (Å²) in [6.07, 6.45) is 3.59. The van der Waals surface area contributed by atoms with Gasteiger partial charge in [0.05, 0.1) is 34.4 Å². The van der Waals surface area contributed by atoms with Gasteiger partial charge in [-0.3, -0.25) is 5.10 Å². The Morgan fingerprint density at radius 3 is 2.70 bits per heavy atom. The molecule has 20 heavy (non-hydrogen) atoms. The second kappa shape index (κ2) is 4.20. The highest BCUT2D eigenvalue weighted by Gasteiger charge is 2.22. The molecule has 0 saturated heterocycles. The number of aromatic amines is 1. The third kappa shape index (κ3) is 1.86. The smallest absolute Gasteiger partial charge is 0.144 e. The van der Waals surface area contributed by atoms with Crippen molar-refractivity contribution in [3.8, 4) is 17.5 Å². The second-order valence-electron chi connectivity index (χ2n) is 5.74. The molecule has 100 valence electrons. The van der Waals surface area contributed by atoms with Gasteiger partial charge in [0.2, 0.25) is 0 Å². The zero-order chi connectivity index (χ0) is 14.3. The van der Waals surface area contributed by atoms with E-state index in [2.05, 4.69) is 46.6 Å². The summed E-state index contributed by atoms with van der Waals surface area (Å²) in [6, 6.07) is 7.75. The van der Waals surface area contributed by atoms with Crippen molar-refractivity contribution in [2.24, 2.45) is 0 Å². The van der Waals surface area contributed by atoms with E-state index in [1.54, 1.807) is 6.20 Å². The number of nitrogens with zero attached hydrogens (tertiary/aromatic N) is 4. The second-order valence-corrected chi connectivity index (χ2v) is 5.74. The van der Waals surface area contributed by atoms with Crippen molar-refractivity contribution < 1.29 is 0 Å². The number of hydrogen-bond acceptors (Lipinski definition) is 3. The van der Waals surface area contributed by atoms with Crippen LogP contribution in [0.1, 0.15) is 26.3 Å². The first-order valence-electron chi connectivity index (χ1n) is 6.43. The van der Waals surface area contributed by atoms with Crippen LogP contribution in [-0.2, 0) is 5.54 Å². The highest BCUT2D eigenvalue weighted by atomic mass is 15.2. The van der Waals surface area contributed by atoms with Crippen LogP contribution in [0.2, 0.25) is 0 Å². The van der Waals surface area contributed by atoms with E-state index in [-0.39, 0.29) is 5.54 Å². The Morgan fingerprint density at radius 2 is 2.10 bits per heavy atom. The van der Waals surface area contributed by atoms with Gasteiger partial charge >= 0.3 is 0 Å². The zero-order valence-electron chi connectivity index (χ0n) is 11.7. The Hall–Kier alpha value is -2.61. The van der Waals surface area contributed by atoms with Crippen LogP contribution in [0.3, 0.4) is 0 Å². The standard InChI is InChI=1S/C15H15N5/c1-15(2,3)20-13-5-4-10(7-16)6-12(13)19-14(20)11-8-17-18-9-11/h4-6,8-9H,1-3H3,(H,17,18). The van der Waals surface area contributed by atoms with E-state index in [4.69, 9.17) is 5.26 Å². The molecule has 3 rings (SSSR count). The Bertz CT molecular complexity index is 797. The summed E-state index contributed by atoms with van der Waals surface area (Å²) in [6.45, 7) is 6.40. The molecule has 3 aromatic rings. The zero-order valence-corrected chi connectivity index (χ0v) is 11.7. The van der Waals surface area contributed by atoms with Crippen LogP contribution in [-0.4, -0.2) is 19.7 Å². The van der Waals surface area contributed by atoms with Gasteiger partial charge in [-0.15, -0.1) is 0 Å². The number of fused-ring (bicyclic) bond motifs is 1. The fourth-order valence-electron chi connectivity index (χ4n) is 2.40. The van der Waals surface area contributed by atoms with Crippen molar-refractivity contribution in [2.75, 3.05) is 0 Å². The first kappa shape index (κ1) is 12.4. The van der Waals surface area contributed by atoms with Crippen LogP contribution in [0.5, 0.6) is 0 Å². The van der Waals surface area contributed by atoms with Crippen molar-refractivity contribution in [2.45, 2.75) is 26.3 Å². The van der Waals surface area contributed by atoms with E-state index in [1.807, 2.05) is 24.4 Å². The number of nitriles is 1. The number of rotatable bonds is 1. The summed E-state index contributed by atoms with van der Waals surface area (Å²) in [5.41, 5.74) is 3.29. The molecule has 0 atom stereocenters. The van der Waals surface area contributed by atoms with Crippen LogP contribution in [0.4, 0.5) is 0 Å². The van der Waals surface area contributed by atoms with E-state index in [1.165, 1.54) is 0 Å². The van der Waals surface area contributed by atoms with Gasteiger partial charge in [0.25, 0.3) is 0 Å². The SMILES string of the molecule is CC(C)(C)n1c(-c2cn[nH]c2)nc2cc(C#N)ccc21. The predicted molar refractivity (Wildman–Crippen MR) is 77.0 cm³/mol. The summed E-state index contributed by atoms with van der Waals surface area (Å²) < 4.78 is 2.17. The molecule has 1 N–H and O–H groups in total. The molecule has 5 heteroatoms. The summed E-state index contributed by atoms with van der Waals surface area (Å²) in [5, 5.41) is 15.8. The van der Waals surface area contributed by atoms with E-state index < -0.39 is 0 Å². The number of hydrogen-bond donors (Lipinski definition) is 1. The van der Waals surface area contributed by atoms with Crippen molar-refractivity contribution in [1.29, 1.82) is 5.26 Å². The molecule has 0 spiro atoms. The van der Waals surface area contributed by atoms with Crippen LogP contribution < -0.4 is 0 Å². The van der Waals surface area contributed by atoms with Gasteiger partial charge in [-0.2, -0.15) is 10.4 Å². The molecule has 2 heterocycles. The first-order valence-corrected chi connectivity index (χ1v) is 6.43. The average Bonchev–Trinajstić information content (AvgIpc) is 3.03. The van der Waals surface area contributed by atoms with Crippen LogP contribution in [0.25, 0.3) is 22.4 Å². The summed E-state index contributed by atoms with van der Waals surface area (Å²) in [7, 11) is 0. The molecular weight excluding hydrogens is 250 g/mol. The normalized spacial score (nSPS) is 11.7. The maximum Gasteiger partial charge on any atom is 0.144 e. The fourth-order valence-corrected chi connectivity index (χ4v) is 2.40. The number of imidazole rings is 1. The van der Waals surface area contributed by atoms with Crippen molar-refractivity contribution in [3.63, 3.8) is 0 Å². The van der Waals surface area contributed by atoms with Crippen molar-refractivity contribution >= 4 is 11.0 Å². The number of H-pyrrole nitrogens is 1. The van der Waals surface area contributed by atoms with Gasteiger partial charge in [-0.1, -0.05) is 0 Å². The average molecular weight is 265 g/mol. The van der Waals surface area contributed by atoms with Gasteiger partial charge in [0.1, 0.15) is 5.82 Å². The molecule has 0 bridgehead atoms. The fraction of sp³-hybridized carbons (Fsp3) is 0.267. The topological polar surface area (TPSA) is 70.3 Å². The third-order valence-electron chi connectivity index (χ3n) is 3.21. The molecule has 0 radical (unpaired) electrons. The third-order valence-corrected chi connectivity index (χ3v) is 3.21. The minimum absolute atomic E-state index is 0.116. The molecular formula is C15H15N5. The molecule has 0 unspecified atom stereocenters. The highest BCUT2D eigenvalue weighted by Crippen LogP contribution is 2.31. The van der Waals surface area contributed by atoms with E-state index in [0.29, 0.717) is 5.56 Å². The lowest BCUT2D eigenvalue weighted by molar-refractivity contribution is 0.413. The van der Waals surface area contributed by atoms with Crippen molar-refractivity contribution in [3.05, 3.63) is 36.2 Å². The molecule has 0 fully saturated rings. The summed E-state index contributed by atoms with van der Waals surface area (Å²) in [5.74, 6) is 0.858. The van der Waals surface area contributed by atoms with Gasteiger partial charge in [0.15, 0.2) is 0 Å². The van der Waals surface area contributed by atoms with Crippen molar-refractivity contribution in [1.82, 2.24) is 19.7 Å². The monoisotopic (exact) mass is 265 g/mol. The minimum atomic E-state index is -0.116. The molecule has 0 saturated carbocycles. The van der Waals surface area contributed by atoms with E-state index in [0.717, 1.165) is 22.4 Å². The van der Waals surface area contributed by atoms with E-state index in [9.17, 15) is 0 Å². The molecule has 0 aliphatic carbocycles. The maximum atomic E-state index is 9.02. The number of benzene rings is 1. The largest absolute Gasteiger partial charge is 0.318 e. The van der Waals surface area contributed by atoms with Gasteiger partial charge in [0, 0.05) is 11.7 Å². The van der Waals surface area contributed by atoms with E-state index >= 15 is 0 Å². The lowest BCUT2D eigenvalue weighted by atomic mass is 10.1. The molecule has 5 nitrogen and oxygen atoms in total. The quantitative estimate of drug-likeness (QED) is 0.735. The summed E-state index contributed by atoms with van der Waals surface area (Å²) >= 11 is 0. The minimum Gasteiger partial charge on any atom is -0.318 e. The first-order chi connectivity index (χ1) is 9.50. The Kier molecular flexibility index (Phi) is 2.61.